The van der Waals surface area contributed by atoms with E-state index >= 15 is 0 Å². The summed E-state index contributed by atoms with van der Waals surface area (Å²) in [5, 5.41) is 0. The molecule has 0 fully saturated rings. The first-order valence-corrected chi connectivity index (χ1v) is 8.09. The van der Waals surface area contributed by atoms with Crippen molar-refractivity contribution >= 4 is 9.84 Å². The van der Waals surface area contributed by atoms with Crippen LogP contribution < -0.4 is 0 Å². The van der Waals surface area contributed by atoms with Crippen LogP contribution in [0.15, 0.2) is 48.5 Å². The Hall–Kier alpha value is -1.61. The highest BCUT2D eigenvalue weighted by Crippen LogP contribution is 2.17. The molecule has 0 N–H and O–H groups in total. The fourth-order valence-corrected chi connectivity index (χ4v) is 3.77. The van der Waals surface area contributed by atoms with Crippen LogP contribution in [0.4, 0.5) is 0 Å². The molecule has 0 aliphatic carbocycles. The second kappa shape index (κ2) is 5.57. The Balaban J connectivity index is 2.21. The van der Waals surface area contributed by atoms with Crippen LogP contribution in [-0.4, -0.2) is 8.42 Å². The van der Waals surface area contributed by atoms with Gasteiger partial charge in [0.05, 0.1) is 11.5 Å². The number of hydrogen-bond acceptors (Lipinski definition) is 2. The Morgan fingerprint density at radius 2 is 1.11 bits per heavy atom. The normalized spacial score (nSPS) is 11.5. The smallest absolute Gasteiger partial charge is 0.158 e. The highest BCUT2D eigenvalue weighted by molar-refractivity contribution is 7.89. The average molecular weight is 274 g/mol. The third-order valence-corrected chi connectivity index (χ3v) is 4.78. The zero-order valence-corrected chi connectivity index (χ0v) is 12.1. The van der Waals surface area contributed by atoms with Gasteiger partial charge in [-0.2, -0.15) is 0 Å². The van der Waals surface area contributed by atoms with Gasteiger partial charge in [0.15, 0.2) is 9.84 Å². The summed E-state index contributed by atoms with van der Waals surface area (Å²) in [4.78, 5) is 0. The maximum atomic E-state index is 12.3. The number of sulfone groups is 1. The predicted molar refractivity (Wildman–Crippen MR) is 78.7 cm³/mol. The molecule has 0 aromatic heterocycles. The van der Waals surface area contributed by atoms with Crippen LogP contribution in [0.25, 0.3) is 0 Å². The molecule has 0 saturated carbocycles. The molecule has 0 bridgehead atoms. The summed E-state index contributed by atoms with van der Waals surface area (Å²) in [5.74, 6) is 0.210. The lowest BCUT2D eigenvalue weighted by Crippen LogP contribution is -2.09. The summed E-state index contributed by atoms with van der Waals surface area (Å²) < 4.78 is 24.5. The minimum absolute atomic E-state index is 0.105. The summed E-state index contributed by atoms with van der Waals surface area (Å²) >= 11 is 0. The van der Waals surface area contributed by atoms with E-state index in [1.807, 2.05) is 62.4 Å². The molecule has 0 aliphatic heterocycles. The third-order valence-electron chi connectivity index (χ3n) is 3.27. The van der Waals surface area contributed by atoms with Gasteiger partial charge in [-0.25, -0.2) is 8.42 Å². The predicted octanol–water partition coefficient (Wildman–Crippen LogP) is 3.42. The van der Waals surface area contributed by atoms with E-state index in [0.29, 0.717) is 0 Å². The summed E-state index contributed by atoms with van der Waals surface area (Å²) in [7, 11) is -3.13. The maximum Gasteiger partial charge on any atom is 0.158 e. The van der Waals surface area contributed by atoms with E-state index < -0.39 is 9.84 Å². The van der Waals surface area contributed by atoms with Crippen molar-refractivity contribution in [3.63, 3.8) is 0 Å². The van der Waals surface area contributed by atoms with E-state index in [-0.39, 0.29) is 11.5 Å². The second-order valence-corrected chi connectivity index (χ2v) is 6.95. The van der Waals surface area contributed by atoms with Crippen molar-refractivity contribution in [2.24, 2.45) is 0 Å². The molecule has 2 nitrogen and oxygen atoms in total. The quantitative estimate of drug-likeness (QED) is 0.856. The van der Waals surface area contributed by atoms with Crippen molar-refractivity contribution in [1.82, 2.24) is 0 Å². The topological polar surface area (TPSA) is 34.1 Å². The minimum atomic E-state index is -3.13. The number of benzene rings is 2. The van der Waals surface area contributed by atoms with Crippen molar-refractivity contribution in [1.29, 1.82) is 0 Å². The molecule has 2 aromatic rings. The van der Waals surface area contributed by atoms with Gasteiger partial charge in [0.2, 0.25) is 0 Å². The van der Waals surface area contributed by atoms with E-state index in [2.05, 4.69) is 0 Å². The van der Waals surface area contributed by atoms with E-state index in [9.17, 15) is 8.42 Å². The summed E-state index contributed by atoms with van der Waals surface area (Å²) in [6.45, 7) is 3.89. The molecule has 0 atom stereocenters. The highest BCUT2D eigenvalue weighted by atomic mass is 32.2. The molecular weight excluding hydrogens is 256 g/mol. The van der Waals surface area contributed by atoms with Gasteiger partial charge in [-0.3, -0.25) is 0 Å². The van der Waals surface area contributed by atoms with Gasteiger partial charge < -0.3 is 0 Å². The van der Waals surface area contributed by atoms with E-state index in [0.717, 1.165) is 22.3 Å². The average Bonchev–Trinajstić information content (AvgIpc) is 2.35. The molecule has 19 heavy (non-hydrogen) atoms. The van der Waals surface area contributed by atoms with Gasteiger partial charge in [0, 0.05) is 0 Å². The summed E-state index contributed by atoms with van der Waals surface area (Å²) in [6.07, 6.45) is 0. The van der Waals surface area contributed by atoms with Crippen molar-refractivity contribution < 1.29 is 8.42 Å². The van der Waals surface area contributed by atoms with Gasteiger partial charge in [-0.1, -0.05) is 48.5 Å². The van der Waals surface area contributed by atoms with E-state index in [1.54, 1.807) is 0 Å². The number of rotatable bonds is 4. The van der Waals surface area contributed by atoms with E-state index in [1.165, 1.54) is 0 Å². The van der Waals surface area contributed by atoms with Crippen LogP contribution in [-0.2, 0) is 21.3 Å². The number of hydrogen-bond donors (Lipinski definition) is 0. The third kappa shape index (κ3) is 3.67. The molecule has 2 rings (SSSR count). The maximum absolute atomic E-state index is 12.3. The Morgan fingerprint density at radius 1 is 0.737 bits per heavy atom. The highest BCUT2D eigenvalue weighted by Gasteiger charge is 2.15. The summed E-state index contributed by atoms with van der Waals surface area (Å²) in [6, 6.07) is 15.3. The first-order valence-electron chi connectivity index (χ1n) is 6.27. The van der Waals surface area contributed by atoms with Gasteiger partial charge in [-0.05, 0) is 36.1 Å². The molecule has 0 heterocycles. The van der Waals surface area contributed by atoms with Gasteiger partial charge in [-0.15, -0.1) is 0 Å². The summed E-state index contributed by atoms with van der Waals surface area (Å²) in [5.41, 5.74) is 3.82. The Morgan fingerprint density at radius 3 is 1.47 bits per heavy atom. The van der Waals surface area contributed by atoms with Crippen molar-refractivity contribution in [3.8, 4) is 0 Å². The van der Waals surface area contributed by atoms with Crippen molar-refractivity contribution in [3.05, 3.63) is 70.8 Å². The lowest BCUT2D eigenvalue weighted by atomic mass is 10.1. The first kappa shape index (κ1) is 13.8. The lowest BCUT2D eigenvalue weighted by Gasteiger charge is -2.09. The van der Waals surface area contributed by atoms with Crippen molar-refractivity contribution in [2.75, 3.05) is 0 Å². The number of aryl methyl sites for hydroxylation is 2. The minimum Gasteiger partial charge on any atom is -0.228 e. The molecule has 0 saturated heterocycles. The molecule has 3 heteroatoms. The molecule has 0 spiro atoms. The molecule has 0 aliphatic rings. The van der Waals surface area contributed by atoms with Crippen LogP contribution in [0, 0.1) is 13.8 Å². The lowest BCUT2D eigenvalue weighted by molar-refractivity contribution is 0.594. The van der Waals surface area contributed by atoms with Crippen LogP contribution in [0.1, 0.15) is 22.3 Å². The molecule has 100 valence electrons. The van der Waals surface area contributed by atoms with Crippen LogP contribution >= 0.6 is 0 Å². The second-order valence-electron chi connectivity index (χ2n) is 4.89. The SMILES string of the molecule is Cc1ccccc1CS(=O)(=O)Cc1ccccc1C. The van der Waals surface area contributed by atoms with Crippen LogP contribution in [0.5, 0.6) is 0 Å². The van der Waals surface area contributed by atoms with Gasteiger partial charge in [0.25, 0.3) is 0 Å². The zero-order chi connectivity index (χ0) is 13.9. The first-order chi connectivity index (χ1) is 8.98. The Bertz CT molecular complexity index is 619. The van der Waals surface area contributed by atoms with E-state index in [4.69, 9.17) is 0 Å². The zero-order valence-electron chi connectivity index (χ0n) is 11.3. The van der Waals surface area contributed by atoms with Crippen LogP contribution in [0.3, 0.4) is 0 Å². The van der Waals surface area contributed by atoms with Gasteiger partial charge in [0.1, 0.15) is 0 Å². The molecular formula is C16H18O2S. The van der Waals surface area contributed by atoms with Gasteiger partial charge >= 0.3 is 0 Å². The largest absolute Gasteiger partial charge is 0.228 e. The fourth-order valence-electron chi connectivity index (χ4n) is 2.07. The molecule has 2 aromatic carbocycles. The molecule has 0 amide bonds. The molecule has 0 radical (unpaired) electrons. The van der Waals surface area contributed by atoms with Crippen molar-refractivity contribution in [2.45, 2.75) is 25.4 Å². The van der Waals surface area contributed by atoms with Crippen LogP contribution in [0.2, 0.25) is 0 Å². The Kier molecular flexibility index (Phi) is 4.05. The Labute approximate surface area is 115 Å². The fraction of sp³-hybridized carbons (Fsp3) is 0.250. The molecule has 0 unspecified atom stereocenters. The standard InChI is InChI=1S/C16H18O2S/c1-13-7-3-5-9-15(13)11-19(17,18)12-16-10-6-4-8-14(16)2/h3-10H,11-12H2,1-2H3. The monoisotopic (exact) mass is 274 g/mol.